The first kappa shape index (κ1) is 23.5. The van der Waals surface area contributed by atoms with Crippen molar-refractivity contribution in [2.45, 2.75) is 46.2 Å². The molecule has 2 amide bonds. The van der Waals surface area contributed by atoms with Crippen molar-refractivity contribution in [1.29, 1.82) is 0 Å². The highest BCUT2D eigenvalue weighted by atomic mass is 19.1. The van der Waals surface area contributed by atoms with Crippen molar-refractivity contribution in [3.63, 3.8) is 0 Å². The number of fused-ring (bicyclic) bond motifs is 1. The first-order valence-electron chi connectivity index (χ1n) is 11.7. The lowest BCUT2D eigenvalue weighted by Gasteiger charge is -2.28. The molecule has 0 spiro atoms. The van der Waals surface area contributed by atoms with E-state index in [2.05, 4.69) is 15.2 Å². The molecule has 1 aliphatic rings. The third kappa shape index (κ3) is 5.44. The molecule has 0 saturated carbocycles. The van der Waals surface area contributed by atoms with Gasteiger partial charge in [0.25, 0.3) is 0 Å². The van der Waals surface area contributed by atoms with Crippen molar-refractivity contribution in [1.82, 2.24) is 19.8 Å². The minimum absolute atomic E-state index is 0.0581. The molecule has 4 rings (SSSR count). The number of carbonyl (C=O) groups is 2. The van der Waals surface area contributed by atoms with Crippen LogP contribution < -0.4 is 10.6 Å². The summed E-state index contributed by atoms with van der Waals surface area (Å²) in [4.78, 5) is 31.2. The molecule has 0 atom stereocenters. The molecule has 2 heterocycles. The zero-order valence-electron chi connectivity index (χ0n) is 19.6. The van der Waals surface area contributed by atoms with E-state index in [1.165, 1.54) is 12.1 Å². The predicted octanol–water partition coefficient (Wildman–Crippen LogP) is 4.39. The zero-order chi connectivity index (χ0) is 24.1. The molecule has 3 aromatic rings. The van der Waals surface area contributed by atoms with E-state index in [4.69, 9.17) is 4.98 Å². The van der Waals surface area contributed by atoms with Gasteiger partial charge in [-0.15, -0.1) is 0 Å². The Morgan fingerprint density at radius 2 is 1.76 bits per heavy atom. The van der Waals surface area contributed by atoms with Gasteiger partial charge < -0.3 is 20.1 Å². The molecule has 0 radical (unpaired) electrons. The first-order chi connectivity index (χ1) is 16.4. The standard InChI is InChI=1S/C26H30FN5O2/c1-3-14-28-23(33)12-13-24(34)31-15-16-32-22(17-31)30-25(19-6-8-20(27)9-7-19)26(32)29-21-10-4-18(2)5-11-21/h4-11,29H,3,12-17H2,1-2H3,(H,28,33). The summed E-state index contributed by atoms with van der Waals surface area (Å²) in [5.74, 6) is 1.11. The quantitative estimate of drug-likeness (QED) is 0.519. The maximum absolute atomic E-state index is 13.5. The second-order valence-corrected chi connectivity index (χ2v) is 8.54. The molecular formula is C26H30FN5O2. The van der Waals surface area contributed by atoms with Crippen molar-refractivity contribution < 1.29 is 14.0 Å². The topological polar surface area (TPSA) is 79.3 Å². The molecule has 0 aliphatic carbocycles. The fraction of sp³-hybridized carbons (Fsp3) is 0.346. The van der Waals surface area contributed by atoms with Gasteiger partial charge in [-0.05, 0) is 49.7 Å². The van der Waals surface area contributed by atoms with Gasteiger partial charge in [-0.2, -0.15) is 0 Å². The van der Waals surface area contributed by atoms with E-state index in [-0.39, 0.29) is 30.5 Å². The second-order valence-electron chi connectivity index (χ2n) is 8.54. The third-order valence-electron chi connectivity index (χ3n) is 5.90. The third-order valence-corrected chi connectivity index (χ3v) is 5.90. The van der Waals surface area contributed by atoms with Crippen molar-refractivity contribution >= 4 is 23.3 Å². The van der Waals surface area contributed by atoms with E-state index < -0.39 is 0 Å². The number of imidazole rings is 1. The number of halogens is 1. The Balaban J connectivity index is 1.56. The fourth-order valence-corrected chi connectivity index (χ4v) is 3.98. The summed E-state index contributed by atoms with van der Waals surface area (Å²) in [6.07, 6.45) is 1.23. The molecule has 2 aromatic carbocycles. The zero-order valence-corrected chi connectivity index (χ0v) is 19.6. The number of benzene rings is 2. The van der Waals surface area contributed by atoms with Gasteiger partial charge in [0.2, 0.25) is 11.8 Å². The van der Waals surface area contributed by atoms with Crippen molar-refractivity contribution in [2.24, 2.45) is 0 Å². The Morgan fingerprint density at radius 1 is 1.03 bits per heavy atom. The van der Waals surface area contributed by atoms with E-state index in [0.717, 1.165) is 34.9 Å². The maximum Gasteiger partial charge on any atom is 0.223 e. The van der Waals surface area contributed by atoms with E-state index in [0.29, 0.717) is 31.9 Å². The Bertz CT molecular complexity index is 1160. The number of anilines is 2. The normalized spacial score (nSPS) is 12.9. The molecule has 8 heteroatoms. The number of nitrogens with zero attached hydrogens (tertiary/aromatic N) is 3. The van der Waals surface area contributed by atoms with Gasteiger partial charge >= 0.3 is 0 Å². The monoisotopic (exact) mass is 463 g/mol. The van der Waals surface area contributed by atoms with Crippen LogP contribution in [0.5, 0.6) is 0 Å². The number of nitrogens with one attached hydrogen (secondary N) is 2. The summed E-state index contributed by atoms with van der Waals surface area (Å²) in [6.45, 7) is 6.11. The van der Waals surface area contributed by atoms with Crippen LogP contribution in [-0.2, 0) is 22.7 Å². The largest absolute Gasteiger partial charge is 0.356 e. The summed E-state index contributed by atoms with van der Waals surface area (Å²) >= 11 is 0. The van der Waals surface area contributed by atoms with Crippen LogP contribution in [0.15, 0.2) is 48.5 Å². The van der Waals surface area contributed by atoms with Crippen LogP contribution >= 0.6 is 0 Å². The Labute approximate surface area is 199 Å². The predicted molar refractivity (Wildman–Crippen MR) is 130 cm³/mol. The van der Waals surface area contributed by atoms with E-state index in [1.54, 1.807) is 17.0 Å². The molecule has 0 unspecified atom stereocenters. The lowest BCUT2D eigenvalue weighted by Crippen LogP contribution is -2.39. The van der Waals surface area contributed by atoms with Crippen molar-refractivity contribution in [3.05, 3.63) is 65.7 Å². The SMILES string of the molecule is CCCNC(=O)CCC(=O)N1CCn2c(nc(-c3ccc(F)cc3)c2Nc2ccc(C)cc2)C1. The maximum atomic E-state index is 13.5. The van der Waals surface area contributed by atoms with Gasteiger partial charge in [-0.1, -0.05) is 24.6 Å². The summed E-state index contributed by atoms with van der Waals surface area (Å²) in [5, 5.41) is 6.28. The Hall–Kier alpha value is -3.68. The number of rotatable bonds is 8. The van der Waals surface area contributed by atoms with Crippen LogP contribution in [0.25, 0.3) is 11.3 Å². The molecule has 1 aliphatic heterocycles. The average Bonchev–Trinajstić information content (AvgIpc) is 3.20. The minimum atomic E-state index is -0.305. The van der Waals surface area contributed by atoms with Crippen LogP contribution in [0.1, 0.15) is 37.6 Å². The van der Waals surface area contributed by atoms with Gasteiger partial charge in [-0.25, -0.2) is 9.37 Å². The Kier molecular flexibility index (Phi) is 7.25. The first-order valence-corrected chi connectivity index (χ1v) is 11.7. The average molecular weight is 464 g/mol. The van der Waals surface area contributed by atoms with Gasteiger partial charge in [-0.3, -0.25) is 9.59 Å². The molecule has 7 nitrogen and oxygen atoms in total. The van der Waals surface area contributed by atoms with Crippen LogP contribution in [0.2, 0.25) is 0 Å². The molecule has 2 N–H and O–H groups in total. The molecular weight excluding hydrogens is 433 g/mol. The lowest BCUT2D eigenvalue weighted by atomic mass is 10.1. The molecule has 0 saturated heterocycles. The molecule has 178 valence electrons. The number of amides is 2. The summed E-state index contributed by atoms with van der Waals surface area (Å²) in [6, 6.07) is 14.3. The smallest absolute Gasteiger partial charge is 0.223 e. The van der Waals surface area contributed by atoms with Crippen LogP contribution in [0.4, 0.5) is 15.9 Å². The van der Waals surface area contributed by atoms with Gasteiger partial charge in [0, 0.05) is 43.7 Å². The van der Waals surface area contributed by atoms with Gasteiger partial charge in [0.15, 0.2) is 0 Å². The molecule has 0 fully saturated rings. The van der Waals surface area contributed by atoms with Crippen molar-refractivity contribution in [2.75, 3.05) is 18.4 Å². The Morgan fingerprint density at radius 3 is 2.47 bits per heavy atom. The van der Waals surface area contributed by atoms with Gasteiger partial charge in [0.05, 0.1) is 6.54 Å². The highest BCUT2D eigenvalue weighted by Gasteiger charge is 2.27. The second kappa shape index (κ2) is 10.5. The highest BCUT2D eigenvalue weighted by Crippen LogP contribution is 2.33. The number of hydrogen-bond acceptors (Lipinski definition) is 4. The molecule has 0 bridgehead atoms. The van der Waals surface area contributed by atoms with Crippen LogP contribution in [0, 0.1) is 12.7 Å². The molecule has 34 heavy (non-hydrogen) atoms. The number of aryl methyl sites for hydroxylation is 1. The highest BCUT2D eigenvalue weighted by molar-refractivity contribution is 5.84. The number of aromatic nitrogens is 2. The van der Waals surface area contributed by atoms with E-state index in [1.807, 2.05) is 38.1 Å². The fourth-order valence-electron chi connectivity index (χ4n) is 3.98. The van der Waals surface area contributed by atoms with Crippen LogP contribution in [0.3, 0.4) is 0 Å². The summed E-state index contributed by atoms with van der Waals surface area (Å²) < 4.78 is 15.6. The van der Waals surface area contributed by atoms with Crippen LogP contribution in [-0.4, -0.2) is 39.4 Å². The van der Waals surface area contributed by atoms with Gasteiger partial charge in [0.1, 0.15) is 23.2 Å². The lowest BCUT2D eigenvalue weighted by molar-refractivity contribution is -0.134. The van der Waals surface area contributed by atoms with E-state index in [9.17, 15) is 14.0 Å². The number of carbonyl (C=O) groups excluding carboxylic acids is 2. The summed E-state index contributed by atoms with van der Waals surface area (Å²) in [7, 11) is 0. The van der Waals surface area contributed by atoms with E-state index >= 15 is 0 Å². The van der Waals surface area contributed by atoms with Crippen molar-refractivity contribution in [3.8, 4) is 11.3 Å². The molecule has 1 aromatic heterocycles. The minimum Gasteiger partial charge on any atom is -0.356 e. The summed E-state index contributed by atoms with van der Waals surface area (Å²) in [5.41, 5.74) is 3.60. The number of hydrogen-bond donors (Lipinski definition) is 2.